The molecule has 0 saturated heterocycles. The standard InChI is InChI=1S/C22H22N4O3S/c1-2-12-26-21(17-8-9-18-19(13-17)29-15-28-18)24-25-22(26)30-14-20(27)23-11-10-16-6-4-3-5-7-16/h2-9,13H,1,10-12,14-15H2,(H,23,27). The van der Waals surface area contributed by atoms with Crippen molar-refractivity contribution < 1.29 is 14.3 Å². The first-order valence-corrected chi connectivity index (χ1v) is 10.6. The van der Waals surface area contributed by atoms with Crippen molar-refractivity contribution in [1.29, 1.82) is 0 Å². The van der Waals surface area contributed by atoms with E-state index in [9.17, 15) is 4.79 Å². The van der Waals surface area contributed by atoms with E-state index in [1.807, 2.05) is 41.0 Å². The molecule has 1 aromatic heterocycles. The molecule has 1 aliphatic heterocycles. The van der Waals surface area contributed by atoms with Gasteiger partial charge in [0.15, 0.2) is 22.5 Å². The van der Waals surface area contributed by atoms with Crippen molar-refractivity contribution in [3.63, 3.8) is 0 Å². The van der Waals surface area contributed by atoms with Gasteiger partial charge in [-0.2, -0.15) is 0 Å². The summed E-state index contributed by atoms with van der Waals surface area (Å²) in [6.45, 7) is 5.18. The van der Waals surface area contributed by atoms with E-state index >= 15 is 0 Å². The Morgan fingerprint density at radius 2 is 2.00 bits per heavy atom. The third-order valence-corrected chi connectivity index (χ3v) is 5.54. The van der Waals surface area contributed by atoms with Gasteiger partial charge < -0.3 is 14.8 Å². The number of amides is 1. The summed E-state index contributed by atoms with van der Waals surface area (Å²) in [5.41, 5.74) is 2.07. The Morgan fingerprint density at radius 1 is 1.17 bits per heavy atom. The molecule has 8 heteroatoms. The molecular formula is C22H22N4O3S. The topological polar surface area (TPSA) is 78.3 Å². The number of benzene rings is 2. The third kappa shape index (κ3) is 4.65. The highest BCUT2D eigenvalue weighted by Crippen LogP contribution is 2.36. The van der Waals surface area contributed by atoms with Crippen LogP contribution in [0.15, 0.2) is 66.3 Å². The van der Waals surface area contributed by atoms with Gasteiger partial charge in [0.2, 0.25) is 12.7 Å². The van der Waals surface area contributed by atoms with Crippen LogP contribution in [0.5, 0.6) is 11.5 Å². The molecule has 0 spiro atoms. The van der Waals surface area contributed by atoms with E-state index in [2.05, 4.69) is 34.2 Å². The van der Waals surface area contributed by atoms with Crippen LogP contribution in [0, 0.1) is 0 Å². The summed E-state index contributed by atoms with van der Waals surface area (Å²) in [7, 11) is 0. The average Bonchev–Trinajstić information content (AvgIpc) is 3.39. The van der Waals surface area contributed by atoms with Gasteiger partial charge in [-0.25, -0.2) is 0 Å². The number of ether oxygens (including phenoxy) is 2. The van der Waals surface area contributed by atoms with Crippen molar-refractivity contribution in [3.05, 3.63) is 66.7 Å². The summed E-state index contributed by atoms with van der Waals surface area (Å²) >= 11 is 1.36. The van der Waals surface area contributed by atoms with Gasteiger partial charge in [-0.3, -0.25) is 9.36 Å². The molecule has 1 N–H and O–H groups in total. The Bertz CT molecular complexity index is 1040. The molecule has 0 saturated carbocycles. The molecule has 0 radical (unpaired) electrons. The second-order valence-electron chi connectivity index (χ2n) is 6.65. The number of carbonyl (C=O) groups is 1. The largest absolute Gasteiger partial charge is 0.454 e. The summed E-state index contributed by atoms with van der Waals surface area (Å²) in [6, 6.07) is 15.7. The van der Waals surface area contributed by atoms with Crippen LogP contribution < -0.4 is 14.8 Å². The molecular weight excluding hydrogens is 400 g/mol. The van der Waals surface area contributed by atoms with Crippen molar-refractivity contribution in [2.24, 2.45) is 0 Å². The zero-order valence-electron chi connectivity index (χ0n) is 16.4. The number of aromatic nitrogens is 3. The minimum Gasteiger partial charge on any atom is -0.454 e. The molecule has 4 rings (SSSR count). The number of rotatable bonds is 9. The Kier molecular flexibility index (Phi) is 6.34. The lowest BCUT2D eigenvalue weighted by molar-refractivity contribution is -0.118. The molecule has 0 fully saturated rings. The van der Waals surface area contributed by atoms with E-state index in [-0.39, 0.29) is 18.5 Å². The minimum absolute atomic E-state index is 0.0336. The maximum atomic E-state index is 12.2. The number of hydrogen-bond acceptors (Lipinski definition) is 6. The summed E-state index contributed by atoms with van der Waals surface area (Å²) in [5.74, 6) is 2.34. The van der Waals surface area contributed by atoms with Crippen molar-refractivity contribution in [2.75, 3.05) is 19.1 Å². The smallest absolute Gasteiger partial charge is 0.231 e. The molecule has 1 aliphatic rings. The van der Waals surface area contributed by atoms with Crippen LogP contribution >= 0.6 is 11.8 Å². The molecule has 0 unspecified atom stereocenters. The van der Waals surface area contributed by atoms with Crippen LogP contribution in [0.1, 0.15) is 5.56 Å². The van der Waals surface area contributed by atoms with Gasteiger partial charge >= 0.3 is 0 Å². The number of fused-ring (bicyclic) bond motifs is 1. The monoisotopic (exact) mass is 422 g/mol. The maximum absolute atomic E-state index is 12.2. The van der Waals surface area contributed by atoms with Crippen LogP contribution in [0.3, 0.4) is 0 Å². The van der Waals surface area contributed by atoms with Crippen LogP contribution in [-0.4, -0.2) is 39.8 Å². The molecule has 2 heterocycles. The number of hydrogen-bond donors (Lipinski definition) is 1. The molecule has 0 aliphatic carbocycles. The number of thioether (sulfide) groups is 1. The molecule has 0 atom stereocenters. The first kappa shape index (κ1) is 20.0. The van der Waals surface area contributed by atoms with Crippen LogP contribution in [-0.2, 0) is 17.8 Å². The lowest BCUT2D eigenvalue weighted by atomic mass is 10.1. The normalized spacial score (nSPS) is 12.0. The highest BCUT2D eigenvalue weighted by Gasteiger charge is 2.19. The number of nitrogens with zero attached hydrogens (tertiary/aromatic N) is 3. The summed E-state index contributed by atoms with van der Waals surface area (Å²) in [4.78, 5) is 12.2. The second kappa shape index (κ2) is 9.49. The number of nitrogens with one attached hydrogen (secondary N) is 1. The van der Waals surface area contributed by atoms with E-state index in [0.717, 1.165) is 17.7 Å². The summed E-state index contributed by atoms with van der Waals surface area (Å²) in [5, 5.41) is 12.2. The minimum atomic E-state index is -0.0336. The fraction of sp³-hybridized carbons (Fsp3) is 0.227. The van der Waals surface area contributed by atoms with Gasteiger partial charge in [0, 0.05) is 18.7 Å². The summed E-state index contributed by atoms with van der Waals surface area (Å²) in [6.07, 6.45) is 2.59. The van der Waals surface area contributed by atoms with E-state index in [0.29, 0.717) is 29.8 Å². The van der Waals surface area contributed by atoms with Crippen molar-refractivity contribution in [3.8, 4) is 22.9 Å². The van der Waals surface area contributed by atoms with Crippen molar-refractivity contribution in [2.45, 2.75) is 18.1 Å². The van der Waals surface area contributed by atoms with E-state index in [1.54, 1.807) is 6.08 Å². The zero-order valence-corrected chi connectivity index (χ0v) is 17.2. The highest BCUT2D eigenvalue weighted by molar-refractivity contribution is 7.99. The SMILES string of the molecule is C=CCn1c(SCC(=O)NCCc2ccccc2)nnc1-c1ccc2c(c1)OCO2. The van der Waals surface area contributed by atoms with Gasteiger partial charge in [0.25, 0.3) is 0 Å². The zero-order chi connectivity index (χ0) is 20.8. The molecule has 2 aromatic carbocycles. The lowest BCUT2D eigenvalue weighted by Gasteiger charge is -2.09. The Morgan fingerprint density at radius 3 is 2.83 bits per heavy atom. The predicted octanol–water partition coefficient (Wildman–Crippen LogP) is 3.31. The van der Waals surface area contributed by atoms with Gasteiger partial charge in [-0.05, 0) is 30.2 Å². The Balaban J connectivity index is 1.38. The van der Waals surface area contributed by atoms with Crippen LogP contribution in [0.4, 0.5) is 0 Å². The first-order valence-electron chi connectivity index (χ1n) is 9.62. The third-order valence-electron chi connectivity index (χ3n) is 4.57. The Hall–Kier alpha value is -3.26. The first-order chi connectivity index (χ1) is 14.7. The van der Waals surface area contributed by atoms with Crippen molar-refractivity contribution in [1.82, 2.24) is 20.1 Å². The fourth-order valence-corrected chi connectivity index (χ4v) is 3.89. The van der Waals surface area contributed by atoms with E-state index in [1.165, 1.54) is 17.3 Å². The van der Waals surface area contributed by atoms with Crippen LogP contribution in [0.2, 0.25) is 0 Å². The van der Waals surface area contributed by atoms with Gasteiger partial charge in [-0.15, -0.1) is 16.8 Å². The van der Waals surface area contributed by atoms with Gasteiger partial charge in [0.05, 0.1) is 5.75 Å². The van der Waals surface area contributed by atoms with Gasteiger partial charge in [-0.1, -0.05) is 48.2 Å². The second-order valence-corrected chi connectivity index (χ2v) is 7.59. The number of carbonyl (C=O) groups excluding carboxylic acids is 1. The number of allylic oxidation sites excluding steroid dienone is 1. The van der Waals surface area contributed by atoms with Crippen LogP contribution in [0.25, 0.3) is 11.4 Å². The molecule has 7 nitrogen and oxygen atoms in total. The summed E-state index contributed by atoms with van der Waals surface area (Å²) < 4.78 is 12.8. The maximum Gasteiger partial charge on any atom is 0.231 e. The highest BCUT2D eigenvalue weighted by atomic mass is 32.2. The molecule has 30 heavy (non-hydrogen) atoms. The quantitative estimate of drug-likeness (QED) is 0.421. The molecule has 3 aromatic rings. The molecule has 1 amide bonds. The fourth-order valence-electron chi connectivity index (χ4n) is 3.11. The van der Waals surface area contributed by atoms with E-state index in [4.69, 9.17) is 9.47 Å². The van der Waals surface area contributed by atoms with Crippen molar-refractivity contribution >= 4 is 17.7 Å². The van der Waals surface area contributed by atoms with Gasteiger partial charge in [0.1, 0.15) is 0 Å². The molecule has 154 valence electrons. The average molecular weight is 423 g/mol. The predicted molar refractivity (Wildman–Crippen MR) is 116 cm³/mol. The Labute approximate surface area is 179 Å². The van der Waals surface area contributed by atoms with E-state index < -0.39 is 0 Å². The lowest BCUT2D eigenvalue weighted by Crippen LogP contribution is -2.27. The molecule has 0 bridgehead atoms.